The second kappa shape index (κ2) is 6.00. The maximum Gasteiger partial charge on any atom is 0.310 e. The molecule has 0 radical (unpaired) electrons. The number of halogens is 2. The Balaban J connectivity index is 0.000000924. The molecule has 1 aliphatic carbocycles. The molecular formula is C16H26F2N2O3. The minimum absolute atomic E-state index is 0.266. The largest absolute Gasteiger partial charge is 0.466 e. The molecule has 132 valence electrons. The summed E-state index contributed by atoms with van der Waals surface area (Å²) in [6, 6.07) is 0. The standard InChI is InChI=1S/C14H20F2N2O3.C2H6/c1-3-21-10(19)9-4-17-6-13(9)7-18(8-13)11(20)12(2)5-14(12,15)16;1-2/h9,17H,3-8H2,1-2H3;1-2H3. The van der Waals surface area contributed by atoms with E-state index in [2.05, 4.69) is 5.32 Å². The van der Waals surface area contributed by atoms with Crippen LogP contribution in [0, 0.1) is 16.7 Å². The molecule has 5 nitrogen and oxygen atoms in total. The Morgan fingerprint density at radius 3 is 2.35 bits per heavy atom. The van der Waals surface area contributed by atoms with Gasteiger partial charge in [-0.1, -0.05) is 13.8 Å². The van der Waals surface area contributed by atoms with E-state index in [1.165, 1.54) is 11.8 Å². The Morgan fingerprint density at radius 1 is 1.30 bits per heavy atom. The summed E-state index contributed by atoms with van der Waals surface area (Å²) < 4.78 is 31.6. The quantitative estimate of drug-likeness (QED) is 0.799. The first-order valence-electron chi connectivity index (χ1n) is 8.30. The fraction of sp³-hybridized carbons (Fsp3) is 0.875. The predicted octanol–water partition coefficient (Wildman–Crippen LogP) is 1.67. The highest BCUT2D eigenvalue weighted by atomic mass is 19.3. The number of carbonyl (C=O) groups is 2. The van der Waals surface area contributed by atoms with E-state index in [-0.39, 0.29) is 23.7 Å². The summed E-state index contributed by atoms with van der Waals surface area (Å²) in [7, 11) is 0. The molecule has 2 saturated heterocycles. The Hall–Kier alpha value is -1.24. The number of nitrogens with one attached hydrogen (secondary N) is 1. The number of alkyl halides is 2. The molecule has 0 aromatic carbocycles. The number of hydrogen-bond acceptors (Lipinski definition) is 4. The van der Waals surface area contributed by atoms with Crippen LogP contribution in [-0.4, -0.2) is 55.5 Å². The van der Waals surface area contributed by atoms with Crippen LogP contribution >= 0.6 is 0 Å². The number of rotatable bonds is 3. The van der Waals surface area contributed by atoms with Crippen molar-refractivity contribution in [2.24, 2.45) is 16.7 Å². The van der Waals surface area contributed by atoms with Crippen LogP contribution in [0.25, 0.3) is 0 Å². The molecule has 3 aliphatic rings. The molecule has 2 heterocycles. The Labute approximate surface area is 135 Å². The summed E-state index contributed by atoms with van der Waals surface area (Å²) in [5.74, 6) is -3.94. The lowest BCUT2D eigenvalue weighted by atomic mass is 9.71. The molecular weight excluding hydrogens is 306 g/mol. The van der Waals surface area contributed by atoms with Crippen molar-refractivity contribution in [2.45, 2.75) is 40.0 Å². The smallest absolute Gasteiger partial charge is 0.310 e. The minimum atomic E-state index is -2.89. The average molecular weight is 332 g/mol. The van der Waals surface area contributed by atoms with Gasteiger partial charge in [0, 0.05) is 38.0 Å². The van der Waals surface area contributed by atoms with Crippen LogP contribution in [0.15, 0.2) is 0 Å². The number of amides is 1. The highest BCUT2D eigenvalue weighted by molar-refractivity contribution is 5.88. The summed E-state index contributed by atoms with van der Waals surface area (Å²) >= 11 is 0. The van der Waals surface area contributed by atoms with E-state index in [1.807, 2.05) is 13.8 Å². The van der Waals surface area contributed by atoms with E-state index in [0.29, 0.717) is 32.8 Å². The van der Waals surface area contributed by atoms with Gasteiger partial charge >= 0.3 is 5.97 Å². The molecule has 1 spiro atoms. The monoisotopic (exact) mass is 332 g/mol. The summed E-state index contributed by atoms with van der Waals surface area (Å²) in [6.07, 6.45) is -0.373. The lowest BCUT2D eigenvalue weighted by Gasteiger charge is -2.50. The third kappa shape index (κ3) is 2.73. The molecule has 1 amide bonds. The zero-order valence-corrected chi connectivity index (χ0v) is 14.2. The molecule has 0 aromatic heterocycles. The fourth-order valence-corrected chi connectivity index (χ4v) is 3.55. The topological polar surface area (TPSA) is 58.6 Å². The summed E-state index contributed by atoms with van der Waals surface area (Å²) in [4.78, 5) is 25.6. The number of ether oxygens (including phenoxy) is 1. The zero-order chi connectivity index (χ0) is 17.5. The van der Waals surface area contributed by atoms with Crippen LogP contribution < -0.4 is 5.32 Å². The van der Waals surface area contributed by atoms with Gasteiger partial charge in [0.25, 0.3) is 5.92 Å². The van der Waals surface area contributed by atoms with E-state index in [1.54, 1.807) is 6.92 Å². The van der Waals surface area contributed by atoms with Crippen molar-refractivity contribution in [1.82, 2.24) is 10.2 Å². The van der Waals surface area contributed by atoms with Crippen molar-refractivity contribution < 1.29 is 23.1 Å². The van der Waals surface area contributed by atoms with Crippen molar-refractivity contribution in [1.29, 1.82) is 0 Å². The van der Waals surface area contributed by atoms with Crippen LogP contribution in [0.5, 0.6) is 0 Å². The van der Waals surface area contributed by atoms with Crippen molar-refractivity contribution >= 4 is 11.9 Å². The SMILES string of the molecule is CC.CCOC(=O)C1CNCC12CN(C(=O)C1(C)CC1(F)F)C2. The van der Waals surface area contributed by atoms with Gasteiger partial charge in [-0.2, -0.15) is 0 Å². The van der Waals surface area contributed by atoms with Crippen LogP contribution in [0.1, 0.15) is 34.1 Å². The Morgan fingerprint density at radius 2 is 1.87 bits per heavy atom. The summed E-state index contributed by atoms with van der Waals surface area (Å²) in [5, 5.41) is 3.15. The molecule has 0 bridgehead atoms. The molecule has 23 heavy (non-hydrogen) atoms. The number of esters is 1. The number of hydrogen-bond donors (Lipinski definition) is 1. The van der Waals surface area contributed by atoms with Gasteiger partial charge in [0.05, 0.1) is 12.5 Å². The molecule has 3 rings (SSSR count). The maximum atomic E-state index is 13.3. The van der Waals surface area contributed by atoms with Crippen LogP contribution in [0.2, 0.25) is 0 Å². The number of nitrogens with zero attached hydrogens (tertiary/aromatic N) is 1. The van der Waals surface area contributed by atoms with Crippen LogP contribution in [0.4, 0.5) is 8.78 Å². The molecule has 3 fully saturated rings. The van der Waals surface area contributed by atoms with Crippen molar-refractivity contribution in [2.75, 3.05) is 32.8 Å². The average Bonchev–Trinajstić information content (AvgIpc) is 2.85. The van der Waals surface area contributed by atoms with E-state index in [4.69, 9.17) is 4.74 Å². The molecule has 1 saturated carbocycles. The van der Waals surface area contributed by atoms with Gasteiger partial charge in [-0.25, -0.2) is 8.78 Å². The third-order valence-electron chi connectivity index (χ3n) is 5.16. The van der Waals surface area contributed by atoms with Crippen molar-refractivity contribution in [3.05, 3.63) is 0 Å². The first kappa shape index (κ1) is 18.1. The second-order valence-corrected chi connectivity index (χ2v) is 6.67. The summed E-state index contributed by atoms with van der Waals surface area (Å²) in [6.45, 7) is 9.23. The van der Waals surface area contributed by atoms with E-state index in [0.717, 1.165) is 0 Å². The van der Waals surface area contributed by atoms with Crippen molar-refractivity contribution in [3.63, 3.8) is 0 Å². The number of carbonyl (C=O) groups excluding carboxylic acids is 2. The van der Waals surface area contributed by atoms with Gasteiger partial charge < -0.3 is 15.0 Å². The van der Waals surface area contributed by atoms with Crippen molar-refractivity contribution in [3.8, 4) is 0 Å². The molecule has 2 aliphatic heterocycles. The van der Waals surface area contributed by atoms with Gasteiger partial charge in [-0.3, -0.25) is 9.59 Å². The second-order valence-electron chi connectivity index (χ2n) is 6.67. The van der Waals surface area contributed by atoms with Crippen LogP contribution in [-0.2, 0) is 14.3 Å². The zero-order valence-electron chi connectivity index (χ0n) is 14.2. The minimum Gasteiger partial charge on any atom is -0.466 e. The van der Waals surface area contributed by atoms with Crippen LogP contribution in [0.3, 0.4) is 0 Å². The van der Waals surface area contributed by atoms with Gasteiger partial charge in [0.1, 0.15) is 5.41 Å². The van der Waals surface area contributed by atoms with Gasteiger partial charge in [-0.15, -0.1) is 0 Å². The lowest BCUT2D eigenvalue weighted by Crippen LogP contribution is -2.64. The highest BCUT2D eigenvalue weighted by Crippen LogP contribution is 2.62. The molecule has 0 aromatic rings. The highest BCUT2D eigenvalue weighted by Gasteiger charge is 2.74. The Kier molecular flexibility index (Phi) is 4.72. The molecule has 7 heteroatoms. The van der Waals surface area contributed by atoms with E-state index >= 15 is 0 Å². The van der Waals surface area contributed by atoms with E-state index in [9.17, 15) is 18.4 Å². The third-order valence-corrected chi connectivity index (χ3v) is 5.16. The molecule has 2 atom stereocenters. The van der Waals surface area contributed by atoms with Gasteiger partial charge in [0.15, 0.2) is 0 Å². The van der Waals surface area contributed by atoms with Gasteiger partial charge in [0.2, 0.25) is 5.91 Å². The Bertz CT molecular complexity index is 492. The predicted molar refractivity (Wildman–Crippen MR) is 81.0 cm³/mol. The molecule has 2 unspecified atom stereocenters. The first-order chi connectivity index (χ1) is 10.8. The van der Waals surface area contributed by atoms with Gasteiger partial charge in [-0.05, 0) is 13.8 Å². The van der Waals surface area contributed by atoms with E-state index < -0.39 is 17.2 Å². The molecule has 1 N–H and O–H groups in total. The maximum absolute atomic E-state index is 13.3. The number of likely N-dealkylation sites (tertiary alicyclic amines) is 1. The first-order valence-corrected chi connectivity index (χ1v) is 8.30. The summed E-state index contributed by atoms with van der Waals surface area (Å²) in [5.41, 5.74) is -1.89. The fourth-order valence-electron chi connectivity index (χ4n) is 3.55. The normalized spacial score (nSPS) is 32.6. The lowest BCUT2D eigenvalue weighted by molar-refractivity contribution is -0.165.